The van der Waals surface area contributed by atoms with Crippen molar-refractivity contribution in [3.63, 3.8) is 0 Å². The number of oxime groups is 1. The van der Waals surface area contributed by atoms with Gasteiger partial charge in [0.15, 0.2) is 5.84 Å². The molecule has 0 radical (unpaired) electrons. The van der Waals surface area contributed by atoms with Crippen molar-refractivity contribution < 1.29 is 5.21 Å². The molecule has 0 unspecified atom stereocenters. The average Bonchev–Trinajstić information content (AvgIpc) is 2.39. The molecule has 0 saturated heterocycles. The van der Waals surface area contributed by atoms with Crippen LogP contribution in [0.5, 0.6) is 0 Å². The highest BCUT2D eigenvalue weighted by atomic mass is 16.4. The molecule has 0 bridgehead atoms. The normalized spacial score (nSPS) is 11.9. The van der Waals surface area contributed by atoms with E-state index in [0.29, 0.717) is 11.7 Å². The van der Waals surface area contributed by atoms with E-state index in [2.05, 4.69) is 28.9 Å². The molecule has 0 aliphatic heterocycles. The van der Waals surface area contributed by atoms with E-state index in [1.807, 2.05) is 19.2 Å². The molecule has 1 heterocycles. The fourth-order valence-electron chi connectivity index (χ4n) is 1.84. The summed E-state index contributed by atoms with van der Waals surface area (Å²) in [6.07, 6.45) is 2.12. The minimum Gasteiger partial charge on any atom is -0.409 e. The molecular formula is C12H20N4O. The Morgan fingerprint density at radius 3 is 2.65 bits per heavy atom. The molecule has 0 atom stereocenters. The smallest absolute Gasteiger partial charge is 0.188 e. The molecule has 3 N–H and O–H groups in total. The number of nitrogens with zero attached hydrogens (tertiary/aromatic N) is 3. The fourth-order valence-corrected chi connectivity index (χ4v) is 1.84. The third-order valence-electron chi connectivity index (χ3n) is 2.96. The van der Waals surface area contributed by atoms with Gasteiger partial charge >= 0.3 is 0 Å². The van der Waals surface area contributed by atoms with Crippen LogP contribution in [0.2, 0.25) is 0 Å². The summed E-state index contributed by atoms with van der Waals surface area (Å²) in [6.45, 7) is 4.30. The number of nitrogens with two attached hydrogens (primary N) is 1. The largest absolute Gasteiger partial charge is 0.409 e. The zero-order valence-corrected chi connectivity index (χ0v) is 10.6. The van der Waals surface area contributed by atoms with Crippen LogP contribution in [-0.4, -0.2) is 29.1 Å². The molecule has 0 spiro atoms. The zero-order valence-electron chi connectivity index (χ0n) is 10.6. The molecule has 0 aliphatic rings. The van der Waals surface area contributed by atoms with E-state index < -0.39 is 0 Å². The summed E-state index contributed by atoms with van der Waals surface area (Å²) in [5.74, 6) is 0.868. The molecule has 0 aromatic carbocycles. The molecule has 5 heteroatoms. The molecule has 1 rings (SSSR count). The van der Waals surface area contributed by atoms with Crippen LogP contribution >= 0.6 is 0 Å². The first-order chi connectivity index (χ1) is 8.13. The molecule has 0 amide bonds. The van der Waals surface area contributed by atoms with Crippen molar-refractivity contribution in [3.05, 3.63) is 23.9 Å². The number of pyridine rings is 1. The van der Waals surface area contributed by atoms with Gasteiger partial charge in [0, 0.05) is 13.1 Å². The number of rotatable bonds is 5. The predicted octanol–water partition coefficient (Wildman–Crippen LogP) is 1.80. The van der Waals surface area contributed by atoms with E-state index in [1.54, 1.807) is 6.07 Å². The van der Waals surface area contributed by atoms with Crippen molar-refractivity contribution in [2.24, 2.45) is 10.9 Å². The summed E-state index contributed by atoms with van der Waals surface area (Å²) in [5.41, 5.74) is 6.01. The second-order valence-corrected chi connectivity index (χ2v) is 3.95. The maximum Gasteiger partial charge on any atom is 0.188 e. The molecule has 0 fully saturated rings. The van der Waals surface area contributed by atoms with E-state index in [-0.39, 0.29) is 5.84 Å². The highest BCUT2D eigenvalue weighted by Crippen LogP contribution is 2.16. The molecular weight excluding hydrogens is 216 g/mol. The standard InChI is InChI=1S/C12H20N4O/c1-4-9(5-2)16(3)11-8-6-7-10(14-11)12(13)15-17/h6-9,17H,4-5H2,1-3H3,(H2,13,15). The van der Waals surface area contributed by atoms with Gasteiger partial charge in [-0.15, -0.1) is 0 Å². The lowest BCUT2D eigenvalue weighted by Gasteiger charge is -2.27. The van der Waals surface area contributed by atoms with Gasteiger partial charge in [0.05, 0.1) is 0 Å². The molecule has 1 aromatic heterocycles. The monoisotopic (exact) mass is 236 g/mol. The number of amidine groups is 1. The highest BCUT2D eigenvalue weighted by Gasteiger charge is 2.13. The summed E-state index contributed by atoms with van der Waals surface area (Å²) in [4.78, 5) is 6.49. The van der Waals surface area contributed by atoms with Crippen LogP contribution < -0.4 is 10.6 Å². The van der Waals surface area contributed by atoms with Crippen LogP contribution in [0.15, 0.2) is 23.4 Å². The van der Waals surface area contributed by atoms with Crippen molar-refractivity contribution >= 4 is 11.7 Å². The van der Waals surface area contributed by atoms with Gasteiger partial charge in [-0.1, -0.05) is 25.1 Å². The van der Waals surface area contributed by atoms with E-state index in [0.717, 1.165) is 18.7 Å². The Kier molecular flexibility index (Phi) is 4.75. The Balaban J connectivity index is 2.99. The summed E-state index contributed by atoms with van der Waals surface area (Å²) < 4.78 is 0. The second kappa shape index (κ2) is 6.08. The van der Waals surface area contributed by atoms with Crippen molar-refractivity contribution in [1.82, 2.24) is 4.98 Å². The van der Waals surface area contributed by atoms with E-state index in [9.17, 15) is 0 Å². The van der Waals surface area contributed by atoms with Crippen LogP contribution in [0.25, 0.3) is 0 Å². The van der Waals surface area contributed by atoms with Gasteiger partial charge in [-0.05, 0) is 25.0 Å². The zero-order chi connectivity index (χ0) is 12.8. The summed E-state index contributed by atoms with van der Waals surface area (Å²) in [6, 6.07) is 5.95. The average molecular weight is 236 g/mol. The Hall–Kier alpha value is -1.78. The molecule has 5 nitrogen and oxygen atoms in total. The minimum absolute atomic E-state index is 0.0322. The van der Waals surface area contributed by atoms with Crippen molar-refractivity contribution in [2.45, 2.75) is 32.7 Å². The maximum absolute atomic E-state index is 8.63. The number of anilines is 1. The molecule has 17 heavy (non-hydrogen) atoms. The first kappa shape index (κ1) is 13.3. The lowest BCUT2D eigenvalue weighted by Crippen LogP contribution is -2.31. The quantitative estimate of drug-likeness (QED) is 0.354. The number of hydrogen-bond acceptors (Lipinski definition) is 4. The second-order valence-electron chi connectivity index (χ2n) is 3.95. The van der Waals surface area contributed by atoms with Crippen molar-refractivity contribution in [1.29, 1.82) is 0 Å². The van der Waals surface area contributed by atoms with Crippen LogP contribution in [0.4, 0.5) is 5.82 Å². The lowest BCUT2D eigenvalue weighted by atomic mass is 10.1. The SMILES string of the molecule is CCC(CC)N(C)c1cccc(C(N)=NO)n1. The Bertz CT molecular complexity index is 388. The fraction of sp³-hybridized carbons (Fsp3) is 0.500. The third-order valence-corrected chi connectivity index (χ3v) is 2.96. The molecule has 0 saturated carbocycles. The Morgan fingerprint density at radius 1 is 1.47 bits per heavy atom. The van der Waals surface area contributed by atoms with Gasteiger partial charge in [0.2, 0.25) is 0 Å². The van der Waals surface area contributed by atoms with Gasteiger partial charge in [-0.3, -0.25) is 0 Å². The topological polar surface area (TPSA) is 74.7 Å². The van der Waals surface area contributed by atoms with Crippen LogP contribution in [0, 0.1) is 0 Å². The minimum atomic E-state index is 0.0322. The van der Waals surface area contributed by atoms with Crippen LogP contribution in [0.1, 0.15) is 32.4 Å². The van der Waals surface area contributed by atoms with Gasteiger partial charge in [0.25, 0.3) is 0 Å². The number of aromatic nitrogens is 1. The summed E-state index contributed by atoms with van der Waals surface area (Å²) in [5, 5.41) is 11.6. The summed E-state index contributed by atoms with van der Waals surface area (Å²) in [7, 11) is 2.01. The predicted molar refractivity (Wildman–Crippen MR) is 69.5 cm³/mol. The van der Waals surface area contributed by atoms with Gasteiger partial charge in [-0.2, -0.15) is 0 Å². The molecule has 94 valence electrons. The molecule has 1 aromatic rings. The van der Waals surface area contributed by atoms with Gasteiger partial charge in [0.1, 0.15) is 11.5 Å². The van der Waals surface area contributed by atoms with Gasteiger partial charge < -0.3 is 15.8 Å². The van der Waals surface area contributed by atoms with Gasteiger partial charge in [-0.25, -0.2) is 4.98 Å². The summed E-state index contributed by atoms with van der Waals surface area (Å²) >= 11 is 0. The number of hydrogen-bond donors (Lipinski definition) is 2. The van der Waals surface area contributed by atoms with E-state index >= 15 is 0 Å². The van der Waals surface area contributed by atoms with Crippen molar-refractivity contribution in [3.8, 4) is 0 Å². The van der Waals surface area contributed by atoms with E-state index in [1.165, 1.54) is 0 Å². The lowest BCUT2D eigenvalue weighted by molar-refractivity contribution is 0.318. The first-order valence-corrected chi connectivity index (χ1v) is 5.81. The van der Waals surface area contributed by atoms with E-state index in [4.69, 9.17) is 10.9 Å². The Morgan fingerprint density at radius 2 is 2.12 bits per heavy atom. The highest BCUT2D eigenvalue weighted by molar-refractivity contribution is 5.95. The van der Waals surface area contributed by atoms with Crippen molar-refractivity contribution in [2.75, 3.05) is 11.9 Å². The maximum atomic E-state index is 8.63. The molecule has 0 aliphatic carbocycles. The van der Waals surface area contributed by atoms with Crippen LogP contribution in [0.3, 0.4) is 0 Å². The third kappa shape index (κ3) is 3.09. The van der Waals surface area contributed by atoms with Crippen LogP contribution in [-0.2, 0) is 0 Å². The Labute approximate surface area is 102 Å². The first-order valence-electron chi connectivity index (χ1n) is 5.81.